The van der Waals surface area contributed by atoms with Crippen molar-refractivity contribution >= 4 is 34.3 Å². The number of hydrogen-bond acceptors (Lipinski definition) is 4. The van der Waals surface area contributed by atoms with Gasteiger partial charge in [-0.3, -0.25) is 10.1 Å². The third kappa shape index (κ3) is 3.24. The molecule has 0 fully saturated rings. The molecular formula is C13H13ClN2O2S. The Bertz CT molecular complexity index is 625. The summed E-state index contributed by atoms with van der Waals surface area (Å²) in [6.07, 6.45) is 0. The molecule has 1 aromatic carbocycles. The Morgan fingerprint density at radius 3 is 2.63 bits per heavy atom. The summed E-state index contributed by atoms with van der Waals surface area (Å²) in [5.74, 6) is 0. The van der Waals surface area contributed by atoms with Gasteiger partial charge in [0.15, 0.2) is 0 Å². The molecule has 0 aliphatic carbocycles. The molecular weight excluding hydrogens is 284 g/mol. The number of nitro benzene ring substituents is 1. The van der Waals surface area contributed by atoms with Gasteiger partial charge >= 0.3 is 0 Å². The van der Waals surface area contributed by atoms with Crippen LogP contribution in [0.4, 0.5) is 11.4 Å². The van der Waals surface area contributed by atoms with E-state index in [-0.39, 0.29) is 10.7 Å². The Morgan fingerprint density at radius 1 is 1.37 bits per heavy atom. The van der Waals surface area contributed by atoms with Gasteiger partial charge in [-0.25, -0.2) is 0 Å². The summed E-state index contributed by atoms with van der Waals surface area (Å²) < 4.78 is 0. The summed E-state index contributed by atoms with van der Waals surface area (Å²) >= 11 is 7.62. The molecule has 4 nitrogen and oxygen atoms in total. The summed E-state index contributed by atoms with van der Waals surface area (Å²) in [6, 6.07) is 6.79. The van der Waals surface area contributed by atoms with Crippen LogP contribution in [0.25, 0.3) is 0 Å². The summed E-state index contributed by atoms with van der Waals surface area (Å²) in [7, 11) is 0. The van der Waals surface area contributed by atoms with Crippen molar-refractivity contribution in [1.82, 2.24) is 0 Å². The molecule has 1 heterocycles. The third-order valence-electron chi connectivity index (χ3n) is 2.77. The second-order valence-electron chi connectivity index (χ2n) is 4.22. The van der Waals surface area contributed by atoms with Crippen LogP contribution in [-0.2, 0) is 6.54 Å². The first-order valence-corrected chi connectivity index (χ1v) is 6.90. The third-order valence-corrected chi connectivity index (χ3v) is 4.08. The monoisotopic (exact) mass is 296 g/mol. The van der Waals surface area contributed by atoms with Crippen molar-refractivity contribution in [3.63, 3.8) is 0 Å². The molecule has 0 atom stereocenters. The SMILES string of the molecule is Cc1cc(CNc2ccc([N+](=O)[O-])c(Cl)c2)c(C)s1. The second kappa shape index (κ2) is 5.59. The number of nitro groups is 1. The minimum atomic E-state index is -0.488. The van der Waals surface area contributed by atoms with Crippen LogP contribution in [0, 0.1) is 24.0 Å². The predicted octanol–water partition coefficient (Wildman–Crippen LogP) is 4.54. The standard InChI is InChI=1S/C13H13ClN2O2S/c1-8-5-10(9(2)19-8)7-15-11-3-4-13(16(17)18)12(14)6-11/h3-6,15H,7H2,1-2H3. The van der Waals surface area contributed by atoms with Crippen molar-refractivity contribution in [3.8, 4) is 0 Å². The summed E-state index contributed by atoms with van der Waals surface area (Å²) in [5, 5.41) is 14.0. The summed E-state index contributed by atoms with van der Waals surface area (Å²) in [6.45, 7) is 4.84. The van der Waals surface area contributed by atoms with Gasteiger partial charge in [-0.05, 0) is 37.6 Å². The molecule has 100 valence electrons. The number of benzene rings is 1. The fraction of sp³-hybridized carbons (Fsp3) is 0.231. The molecule has 0 aliphatic rings. The van der Waals surface area contributed by atoms with Gasteiger partial charge < -0.3 is 5.32 Å². The lowest BCUT2D eigenvalue weighted by Crippen LogP contribution is -2.00. The second-order valence-corrected chi connectivity index (χ2v) is 6.08. The fourth-order valence-electron chi connectivity index (χ4n) is 1.82. The zero-order valence-corrected chi connectivity index (χ0v) is 12.1. The van der Waals surface area contributed by atoms with Crippen LogP contribution in [-0.4, -0.2) is 4.92 Å². The van der Waals surface area contributed by atoms with Crippen molar-refractivity contribution in [2.75, 3.05) is 5.32 Å². The average Bonchev–Trinajstić information content (AvgIpc) is 2.65. The number of nitrogens with zero attached hydrogens (tertiary/aromatic N) is 1. The average molecular weight is 297 g/mol. The molecule has 0 radical (unpaired) electrons. The van der Waals surface area contributed by atoms with E-state index in [2.05, 4.69) is 25.2 Å². The number of thiophene rings is 1. The lowest BCUT2D eigenvalue weighted by Gasteiger charge is -2.06. The van der Waals surface area contributed by atoms with Crippen LogP contribution in [0.15, 0.2) is 24.3 Å². The molecule has 1 aromatic heterocycles. The lowest BCUT2D eigenvalue weighted by molar-refractivity contribution is -0.384. The highest BCUT2D eigenvalue weighted by Crippen LogP contribution is 2.28. The molecule has 2 rings (SSSR count). The van der Waals surface area contributed by atoms with Gasteiger partial charge in [-0.2, -0.15) is 0 Å². The highest BCUT2D eigenvalue weighted by Gasteiger charge is 2.12. The minimum Gasteiger partial charge on any atom is -0.381 e. The first-order chi connectivity index (χ1) is 8.97. The molecule has 19 heavy (non-hydrogen) atoms. The molecule has 2 aromatic rings. The Hall–Kier alpha value is -1.59. The molecule has 0 saturated carbocycles. The van der Waals surface area contributed by atoms with Crippen LogP contribution in [0.2, 0.25) is 5.02 Å². The molecule has 0 amide bonds. The first kappa shape index (κ1) is 13.8. The van der Waals surface area contributed by atoms with Crippen molar-refractivity contribution < 1.29 is 4.92 Å². The molecule has 0 spiro atoms. The van der Waals surface area contributed by atoms with Crippen LogP contribution in [0.3, 0.4) is 0 Å². The van der Waals surface area contributed by atoms with Crippen molar-refractivity contribution in [3.05, 3.63) is 54.7 Å². The van der Waals surface area contributed by atoms with E-state index in [0.717, 1.165) is 5.69 Å². The largest absolute Gasteiger partial charge is 0.381 e. The quantitative estimate of drug-likeness (QED) is 0.665. The normalized spacial score (nSPS) is 10.5. The lowest BCUT2D eigenvalue weighted by atomic mass is 10.2. The van der Waals surface area contributed by atoms with Gasteiger partial charge in [0.05, 0.1) is 4.92 Å². The van der Waals surface area contributed by atoms with E-state index in [1.165, 1.54) is 21.4 Å². The number of nitrogens with one attached hydrogen (secondary N) is 1. The van der Waals surface area contributed by atoms with Crippen molar-refractivity contribution in [1.29, 1.82) is 0 Å². The fourth-order valence-corrected chi connectivity index (χ4v) is 3.02. The van der Waals surface area contributed by atoms with E-state index in [1.54, 1.807) is 23.5 Å². The molecule has 0 unspecified atom stereocenters. The molecule has 1 N–H and O–H groups in total. The Labute approximate surface area is 120 Å². The van der Waals surface area contributed by atoms with E-state index in [4.69, 9.17) is 11.6 Å². The van der Waals surface area contributed by atoms with Gasteiger partial charge in [0.1, 0.15) is 5.02 Å². The Balaban J connectivity index is 2.10. The van der Waals surface area contributed by atoms with Gasteiger partial charge in [-0.1, -0.05) is 11.6 Å². The topological polar surface area (TPSA) is 55.2 Å². The molecule has 0 saturated heterocycles. The van der Waals surface area contributed by atoms with Gasteiger partial charge in [-0.15, -0.1) is 11.3 Å². The maximum absolute atomic E-state index is 10.7. The zero-order valence-electron chi connectivity index (χ0n) is 10.6. The van der Waals surface area contributed by atoms with Crippen LogP contribution >= 0.6 is 22.9 Å². The maximum atomic E-state index is 10.7. The summed E-state index contributed by atoms with van der Waals surface area (Å²) in [4.78, 5) is 12.7. The predicted molar refractivity (Wildman–Crippen MR) is 79.2 cm³/mol. The van der Waals surface area contributed by atoms with Gasteiger partial charge in [0, 0.05) is 28.1 Å². The molecule has 0 aliphatic heterocycles. The number of aryl methyl sites for hydroxylation is 2. The van der Waals surface area contributed by atoms with E-state index < -0.39 is 4.92 Å². The number of rotatable bonds is 4. The van der Waals surface area contributed by atoms with E-state index in [9.17, 15) is 10.1 Å². The zero-order chi connectivity index (χ0) is 14.0. The summed E-state index contributed by atoms with van der Waals surface area (Å²) in [5.41, 5.74) is 1.94. The van der Waals surface area contributed by atoms with Crippen molar-refractivity contribution in [2.24, 2.45) is 0 Å². The first-order valence-electron chi connectivity index (χ1n) is 5.71. The highest BCUT2D eigenvalue weighted by atomic mass is 35.5. The van der Waals surface area contributed by atoms with Crippen LogP contribution < -0.4 is 5.32 Å². The number of hydrogen-bond donors (Lipinski definition) is 1. The van der Waals surface area contributed by atoms with E-state index in [1.807, 2.05) is 0 Å². The number of halogens is 1. The minimum absolute atomic E-state index is 0.0743. The Morgan fingerprint density at radius 2 is 2.11 bits per heavy atom. The van der Waals surface area contributed by atoms with Crippen LogP contribution in [0.5, 0.6) is 0 Å². The number of anilines is 1. The van der Waals surface area contributed by atoms with E-state index >= 15 is 0 Å². The molecule has 0 bridgehead atoms. The smallest absolute Gasteiger partial charge is 0.288 e. The van der Waals surface area contributed by atoms with Gasteiger partial charge in [0.2, 0.25) is 0 Å². The maximum Gasteiger partial charge on any atom is 0.288 e. The van der Waals surface area contributed by atoms with Crippen LogP contribution in [0.1, 0.15) is 15.3 Å². The van der Waals surface area contributed by atoms with Crippen molar-refractivity contribution in [2.45, 2.75) is 20.4 Å². The van der Waals surface area contributed by atoms with Gasteiger partial charge in [0.25, 0.3) is 5.69 Å². The van der Waals surface area contributed by atoms with E-state index in [0.29, 0.717) is 6.54 Å². The highest BCUT2D eigenvalue weighted by molar-refractivity contribution is 7.12. The Kier molecular flexibility index (Phi) is 4.07. The molecule has 6 heteroatoms.